The lowest BCUT2D eigenvalue weighted by Gasteiger charge is -2.48. The van der Waals surface area contributed by atoms with Gasteiger partial charge in [0, 0.05) is 5.54 Å². The fraction of sp³-hybridized carbons (Fsp3) is 0.857. The second kappa shape index (κ2) is 4.29. The molecule has 2 heterocycles. The van der Waals surface area contributed by atoms with E-state index in [4.69, 9.17) is 9.47 Å². The summed E-state index contributed by atoms with van der Waals surface area (Å²) in [7, 11) is 0. The lowest BCUT2D eigenvalue weighted by molar-refractivity contribution is -0.183. The van der Waals surface area contributed by atoms with Crippen LogP contribution in [0.15, 0.2) is 11.8 Å². The van der Waals surface area contributed by atoms with Gasteiger partial charge in [-0.15, -0.1) is 0 Å². The van der Waals surface area contributed by atoms with Gasteiger partial charge >= 0.3 is 0 Å². The molecule has 0 spiro atoms. The Kier molecular flexibility index (Phi) is 3.25. The minimum absolute atomic E-state index is 0.0226. The maximum absolute atomic E-state index is 6.03. The van der Waals surface area contributed by atoms with Crippen molar-refractivity contribution in [3.63, 3.8) is 0 Å². The molecular formula is C14H25NO2. The molecule has 0 radical (unpaired) electrons. The Labute approximate surface area is 105 Å². The molecule has 0 saturated carbocycles. The predicted molar refractivity (Wildman–Crippen MR) is 68.6 cm³/mol. The van der Waals surface area contributed by atoms with Crippen LogP contribution >= 0.6 is 0 Å². The minimum Gasteiger partial charge on any atom is -0.491 e. The van der Waals surface area contributed by atoms with Gasteiger partial charge in [-0.25, -0.2) is 0 Å². The van der Waals surface area contributed by atoms with Gasteiger partial charge in [0.25, 0.3) is 0 Å². The smallest absolute Gasteiger partial charge is 0.148 e. The number of hydrogen-bond donors (Lipinski definition) is 1. The normalized spacial score (nSPS) is 41.6. The van der Waals surface area contributed by atoms with E-state index >= 15 is 0 Å². The first-order chi connectivity index (χ1) is 7.81. The Hall–Kier alpha value is -0.540. The SMILES string of the molecule is CC1=CO[C@](C)([C@@H]2NC(C)(C)C[C@H](C)O2)CC1. The predicted octanol–water partition coefficient (Wildman–Crippen LogP) is 2.96. The molecule has 3 heteroatoms. The molecule has 0 aliphatic carbocycles. The number of rotatable bonds is 1. The number of allylic oxidation sites excluding steroid dienone is 1. The molecule has 1 N–H and O–H groups in total. The van der Waals surface area contributed by atoms with E-state index in [1.807, 2.05) is 6.26 Å². The summed E-state index contributed by atoms with van der Waals surface area (Å²) < 4.78 is 11.9. The van der Waals surface area contributed by atoms with E-state index in [1.165, 1.54) is 5.57 Å². The Balaban J connectivity index is 2.11. The monoisotopic (exact) mass is 239 g/mol. The molecule has 2 aliphatic heterocycles. The lowest BCUT2D eigenvalue weighted by atomic mass is 9.88. The topological polar surface area (TPSA) is 30.5 Å². The largest absolute Gasteiger partial charge is 0.491 e. The standard InChI is InChI=1S/C14H25NO2/c1-10-6-7-14(5,16-9-10)12-15-13(3,4)8-11(2)17-12/h9,11-12,15H,6-8H2,1-5H3/t11-,12+,14-/m0/s1. The first-order valence-electron chi connectivity index (χ1n) is 6.57. The Morgan fingerprint density at radius 1 is 1.35 bits per heavy atom. The molecule has 1 saturated heterocycles. The Morgan fingerprint density at radius 2 is 2.06 bits per heavy atom. The van der Waals surface area contributed by atoms with Crippen LogP contribution in [0, 0.1) is 0 Å². The molecule has 3 atom stereocenters. The van der Waals surface area contributed by atoms with Crippen molar-refractivity contribution >= 4 is 0 Å². The summed E-state index contributed by atoms with van der Waals surface area (Å²) in [5.41, 5.74) is 1.18. The van der Waals surface area contributed by atoms with Crippen LogP contribution in [-0.2, 0) is 9.47 Å². The highest BCUT2D eigenvalue weighted by atomic mass is 16.6. The third-order valence-corrected chi connectivity index (χ3v) is 3.79. The number of ether oxygens (including phenoxy) is 2. The quantitative estimate of drug-likeness (QED) is 0.763. The van der Waals surface area contributed by atoms with E-state index < -0.39 is 0 Å². The highest BCUT2D eigenvalue weighted by Gasteiger charge is 2.44. The third-order valence-electron chi connectivity index (χ3n) is 3.79. The molecule has 0 bridgehead atoms. The molecule has 0 unspecified atom stereocenters. The van der Waals surface area contributed by atoms with Crippen molar-refractivity contribution in [2.45, 2.75) is 77.4 Å². The molecule has 0 amide bonds. The van der Waals surface area contributed by atoms with E-state index in [2.05, 4.69) is 39.9 Å². The minimum atomic E-state index is -0.245. The maximum Gasteiger partial charge on any atom is 0.148 e. The molecule has 0 aromatic carbocycles. The zero-order valence-corrected chi connectivity index (χ0v) is 11.7. The summed E-state index contributed by atoms with van der Waals surface area (Å²) >= 11 is 0. The van der Waals surface area contributed by atoms with Gasteiger partial charge in [0.1, 0.15) is 11.8 Å². The van der Waals surface area contributed by atoms with E-state index in [0.717, 1.165) is 19.3 Å². The number of hydrogen-bond acceptors (Lipinski definition) is 3. The summed E-state index contributed by atoms with van der Waals surface area (Å²) in [6, 6.07) is 0. The van der Waals surface area contributed by atoms with Gasteiger partial charge in [0.15, 0.2) is 0 Å². The summed E-state index contributed by atoms with van der Waals surface area (Å²) in [5.74, 6) is 0. The molecule has 2 aliphatic rings. The summed E-state index contributed by atoms with van der Waals surface area (Å²) in [4.78, 5) is 0. The molecule has 0 aromatic heterocycles. The highest BCUT2D eigenvalue weighted by molar-refractivity contribution is 5.04. The van der Waals surface area contributed by atoms with Gasteiger partial charge in [0.2, 0.25) is 0 Å². The second-order valence-corrected chi connectivity index (χ2v) is 6.45. The molecule has 2 rings (SSSR count). The summed E-state index contributed by atoms with van der Waals surface area (Å²) in [6.45, 7) is 10.9. The molecule has 98 valence electrons. The second-order valence-electron chi connectivity index (χ2n) is 6.45. The van der Waals surface area contributed by atoms with Crippen LogP contribution in [0.2, 0.25) is 0 Å². The van der Waals surface area contributed by atoms with E-state index in [9.17, 15) is 0 Å². The third kappa shape index (κ3) is 2.83. The summed E-state index contributed by atoms with van der Waals surface area (Å²) in [6.07, 6.45) is 5.28. The van der Waals surface area contributed by atoms with Gasteiger partial charge in [-0.3, -0.25) is 5.32 Å². The first-order valence-corrected chi connectivity index (χ1v) is 6.57. The van der Waals surface area contributed by atoms with Crippen LogP contribution in [0.1, 0.15) is 53.9 Å². The van der Waals surface area contributed by atoms with Crippen LogP contribution < -0.4 is 5.32 Å². The van der Waals surface area contributed by atoms with Gasteiger partial charge in [-0.1, -0.05) is 0 Å². The van der Waals surface area contributed by atoms with Crippen molar-refractivity contribution in [2.75, 3.05) is 0 Å². The maximum atomic E-state index is 6.03. The van der Waals surface area contributed by atoms with Gasteiger partial charge in [-0.2, -0.15) is 0 Å². The van der Waals surface area contributed by atoms with Crippen LogP contribution in [0.3, 0.4) is 0 Å². The van der Waals surface area contributed by atoms with E-state index in [0.29, 0.717) is 0 Å². The molecule has 17 heavy (non-hydrogen) atoms. The average molecular weight is 239 g/mol. The van der Waals surface area contributed by atoms with Crippen molar-refractivity contribution < 1.29 is 9.47 Å². The molecule has 1 fully saturated rings. The van der Waals surface area contributed by atoms with Crippen molar-refractivity contribution in [2.24, 2.45) is 0 Å². The van der Waals surface area contributed by atoms with Gasteiger partial charge in [-0.05, 0) is 59.5 Å². The lowest BCUT2D eigenvalue weighted by Crippen LogP contribution is -2.63. The van der Waals surface area contributed by atoms with Crippen molar-refractivity contribution in [3.05, 3.63) is 11.8 Å². The van der Waals surface area contributed by atoms with Crippen molar-refractivity contribution in [1.82, 2.24) is 5.32 Å². The van der Waals surface area contributed by atoms with Gasteiger partial charge < -0.3 is 9.47 Å². The van der Waals surface area contributed by atoms with Crippen LogP contribution in [0.25, 0.3) is 0 Å². The summed E-state index contributed by atoms with van der Waals surface area (Å²) in [5, 5.41) is 3.57. The Bertz CT molecular complexity index is 324. The van der Waals surface area contributed by atoms with E-state index in [1.54, 1.807) is 0 Å². The molecule has 3 nitrogen and oxygen atoms in total. The fourth-order valence-electron chi connectivity index (χ4n) is 2.73. The van der Waals surface area contributed by atoms with E-state index in [-0.39, 0.29) is 23.5 Å². The average Bonchev–Trinajstić information content (AvgIpc) is 2.20. The first kappa shape index (κ1) is 12.9. The zero-order valence-electron chi connectivity index (χ0n) is 11.7. The number of nitrogens with one attached hydrogen (secondary N) is 1. The zero-order chi connectivity index (χ0) is 12.7. The fourth-order valence-corrected chi connectivity index (χ4v) is 2.73. The van der Waals surface area contributed by atoms with Crippen LogP contribution in [0.5, 0.6) is 0 Å². The van der Waals surface area contributed by atoms with Crippen molar-refractivity contribution in [3.8, 4) is 0 Å². The van der Waals surface area contributed by atoms with Crippen LogP contribution in [0.4, 0.5) is 0 Å². The highest BCUT2D eigenvalue weighted by Crippen LogP contribution is 2.34. The molecule has 0 aromatic rings. The molecular weight excluding hydrogens is 214 g/mol. The van der Waals surface area contributed by atoms with Crippen LogP contribution in [-0.4, -0.2) is 23.5 Å². The van der Waals surface area contributed by atoms with Crippen molar-refractivity contribution in [1.29, 1.82) is 0 Å². The van der Waals surface area contributed by atoms with Gasteiger partial charge in [0.05, 0.1) is 12.4 Å². The Morgan fingerprint density at radius 3 is 2.59 bits per heavy atom.